The van der Waals surface area contributed by atoms with Crippen LogP contribution in [-0.4, -0.2) is 31.7 Å². The van der Waals surface area contributed by atoms with Crippen molar-refractivity contribution in [3.63, 3.8) is 0 Å². The standard InChI is InChI=1S/C22H23N3O3S/c1-17(24-15-12-18-6-2-3-7-19(18)16-24)22(26)23-20-8-10-21(11-9-20)29(27,28)25-13-4-5-14-25/h2-3,6-12,15-17H,4-5,13-14H2,1H3/p+1/t17-/m0/s1. The lowest BCUT2D eigenvalue weighted by molar-refractivity contribution is -0.704. The predicted octanol–water partition coefficient (Wildman–Crippen LogP) is 3.11. The number of anilines is 1. The molecular weight excluding hydrogens is 386 g/mol. The molecule has 0 spiro atoms. The van der Waals surface area contributed by atoms with E-state index in [4.69, 9.17) is 0 Å². The van der Waals surface area contributed by atoms with Gasteiger partial charge >= 0.3 is 0 Å². The fourth-order valence-electron chi connectivity index (χ4n) is 3.56. The quantitative estimate of drug-likeness (QED) is 0.657. The molecule has 2 heterocycles. The Bertz CT molecular complexity index is 1140. The van der Waals surface area contributed by atoms with Gasteiger partial charge < -0.3 is 5.32 Å². The number of fused-ring (bicyclic) bond motifs is 1. The van der Waals surface area contributed by atoms with Crippen molar-refractivity contribution >= 4 is 32.4 Å². The Labute approximate surface area is 170 Å². The van der Waals surface area contributed by atoms with E-state index >= 15 is 0 Å². The van der Waals surface area contributed by atoms with Crippen LogP contribution in [0.5, 0.6) is 0 Å². The predicted molar refractivity (Wildman–Crippen MR) is 112 cm³/mol. The van der Waals surface area contributed by atoms with Crippen LogP contribution in [0.2, 0.25) is 0 Å². The van der Waals surface area contributed by atoms with Gasteiger partial charge in [0.2, 0.25) is 16.1 Å². The van der Waals surface area contributed by atoms with Gasteiger partial charge in [-0.15, -0.1) is 0 Å². The molecule has 3 aromatic rings. The average Bonchev–Trinajstić information content (AvgIpc) is 3.29. The maximum absolute atomic E-state index is 12.7. The van der Waals surface area contributed by atoms with Crippen molar-refractivity contribution in [3.05, 3.63) is 67.0 Å². The van der Waals surface area contributed by atoms with Crippen LogP contribution < -0.4 is 9.88 Å². The summed E-state index contributed by atoms with van der Waals surface area (Å²) in [6, 6.07) is 15.9. The van der Waals surface area contributed by atoms with Crippen LogP contribution in [0.4, 0.5) is 5.69 Å². The molecule has 0 radical (unpaired) electrons. The van der Waals surface area contributed by atoms with Crippen molar-refractivity contribution in [1.29, 1.82) is 0 Å². The Balaban J connectivity index is 1.47. The van der Waals surface area contributed by atoms with Gasteiger partial charge in [-0.1, -0.05) is 18.2 Å². The third kappa shape index (κ3) is 4.02. The van der Waals surface area contributed by atoms with Crippen LogP contribution in [-0.2, 0) is 14.8 Å². The van der Waals surface area contributed by atoms with Gasteiger partial charge in [-0.25, -0.2) is 8.42 Å². The molecule has 7 heteroatoms. The van der Waals surface area contributed by atoms with Crippen molar-refractivity contribution in [2.45, 2.75) is 30.7 Å². The number of hydrogen-bond donors (Lipinski definition) is 1. The molecule has 150 valence electrons. The van der Waals surface area contributed by atoms with E-state index < -0.39 is 16.1 Å². The number of carbonyl (C=O) groups excluding carboxylic acids is 1. The van der Waals surface area contributed by atoms with Crippen LogP contribution in [0.15, 0.2) is 71.9 Å². The molecule has 0 saturated carbocycles. The Morgan fingerprint density at radius 1 is 1.00 bits per heavy atom. The SMILES string of the molecule is C[C@@H](C(=O)Nc1ccc(S(=O)(=O)N2CCCC2)cc1)[n+]1ccc2ccccc2c1. The zero-order valence-corrected chi connectivity index (χ0v) is 17.1. The first kappa shape index (κ1) is 19.5. The summed E-state index contributed by atoms with van der Waals surface area (Å²) in [5.41, 5.74) is 0.573. The summed E-state index contributed by atoms with van der Waals surface area (Å²) in [7, 11) is -3.45. The molecule has 1 saturated heterocycles. The molecule has 0 bridgehead atoms. The normalized spacial score (nSPS) is 16.0. The number of aromatic nitrogens is 1. The van der Waals surface area contributed by atoms with E-state index in [0.717, 1.165) is 23.6 Å². The summed E-state index contributed by atoms with van der Waals surface area (Å²) in [4.78, 5) is 12.9. The maximum Gasteiger partial charge on any atom is 0.293 e. The molecule has 1 fully saturated rings. The smallest absolute Gasteiger partial charge is 0.293 e. The fraction of sp³-hybridized carbons (Fsp3) is 0.273. The van der Waals surface area contributed by atoms with E-state index in [0.29, 0.717) is 18.8 Å². The van der Waals surface area contributed by atoms with Crippen molar-refractivity contribution in [2.24, 2.45) is 0 Å². The number of rotatable bonds is 5. The first-order chi connectivity index (χ1) is 13.9. The summed E-state index contributed by atoms with van der Waals surface area (Å²) in [6.07, 6.45) is 5.64. The van der Waals surface area contributed by atoms with Gasteiger partial charge in [0.15, 0.2) is 12.4 Å². The average molecular weight is 411 g/mol. The number of hydrogen-bond acceptors (Lipinski definition) is 3. The van der Waals surface area contributed by atoms with Crippen LogP contribution in [0.25, 0.3) is 10.8 Å². The number of nitrogens with zero attached hydrogens (tertiary/aromatic N) is 2. The number of nitrogens with one attached hydrogen (secondary N) is 1. The van der Waals surface area contributed by atoms with Crippen LogP contribution in [0, 0.1) is 0 Å². The molecule has 0 aliphatic carbocycles. The highest BCUT2D eigenvalue weighted by molar-refractivity contribution is 7.89. The Hall–Kier alpha value is -2.77. The Kier molecular flexibility index (Phi) is 5.34. The van der Waals surface area contributed by atoms with Gasteiger partial charge in [0.1, 0.15) is 0 Å². The second-order valence-corrected chi connectivity index (χ2v) is 9.26. The van der Waals surface area contributed by atoms with E-state index in [1.54, 1.807) is 24.3 Å². The topological polar surface area (TPSA) is 70.4 Å². The molecule has 1 atom stereocenters. The van der Waals surface area contributed by atoms with E-state index in [-0.39, 0.29) is 10.8 Å². The molecule has 1 N–H and O–H groups in total. The van der Waals surface area contributed by atoms with E-state index in [1.165, 1.54) is 4.31 Å². The van der Waals surface area contributed by atoms with Gasteiger partial charge in [-0.3, -0.25) is 4.79 Å². The molecular formula is C22H24N3O3S+. The zero-order chi connectivity index (χ0) is 20.4. The third-order valence-corrected chi connectivity index (χ3v) is 7.27. The highest BCUT2D eigenvalue weighted by Crippen LogP contribution is 2.22. The number of pyridine rings is 1. The van der Waals surface area contributed by atoms with E-state index in [2.05, 4.69) is 5.32 Å². The number of carbonyl (C=O) groups is 1. The highest BCUT2D eigenvalue weighted by Gasteiger charge is 2.27. The molecule has 1 aliphatic heterocycles. The number of benzene rings is 2. The van der Waals surface area contributed by atoms with Gasteiger partial charge in [-0.05, 0) is 48.6 Å². The number of amides is 1. The van der Waals surface area contributed by atoms with Gasteiger partial charge in [0.25, 0.3) is 5.91 Å². The molecule has 29 heavy (non-hydrogen) atoms. The molecule has 1 aromatic heterocycles. The highest BCUT2D eigenvalue weighted by atomic mass is 32.2. The van der Waals surface area contributed by atoms with Crippen LogP contribution in [0.3, 0.4) is 0 Å². The van der Waals surface area contributed by atoms with Gasteiger partial charge in [0.05, 0.1) is 4.90 Å². The van der Waals surface area contributed by atoms with Crippen molar-refractivity contribution < 1.29 is 17.8 Å². The Morgan fingerprint density at radius 3 is 2.34 bits per heavy atom. The summed E-state index contributed by atoms with van der Waals surface area (Å²) < 4.78 is 28.6. The lowest BCUT2D eigenvalue weighted by atomic mass is 10.1. The monoisotopic (exact) mass is 410 g/mol. The third-order valence-electron chi connectivity index (χ3n) is 5.36. The minimum absolute atomic E-state index is 0.166. The Morgan fingerprint density at radius 2 is 1.66 bits per heavy atom. The van der Waals surface area contributed by atoms with Crippen molar-refractivity contribution in [3.8, 4) is 0 Å². The van der Waals surface area contributed by atoms with Crippen molar-refractivity contribution in [2.75, 3.05) is 18.4 Å². The zero-order valence-electron chi connectivity index (χ0n) is 16.3. The lowest BCUT2D eigenvalue weighted by Gasteiger charge is -2.16. The lowest BCUT2D eigenvalue weighted by Crippen LogP contribution is -2.44. The van der Waals surface area contributed by atoms with E-state index in [9.17, 15) is 13.2 Å². The molecule has 4 rings (SSSR count). The minimum Gasteiger partial charge on any atom is -0.320 e. The second-order valence-electron chi connectivity index (χ2n) is 7.32. The number of sulfonamides is 1. The summed E-state index contributed by atoms with van der Waals surface area (Å²) in [6.45, 7) is 2.97. The fourth-order valence-corrected chi connectivity index (χ4v) is 5.08. The van der Waals surface area contributed by atoms with Gasteiger partial charge in [0, 0.05) is 37.2 Å². The molecule has 1 aliphatic rings. The molecule has 1 amide bonds. The van der Waals surface area contributed by atoms with E-state index in [1.807, 2.05) is 54.2 Å². The maximum atomic E-state index is 12.7. The summed E-state index contributed by atoms with van der Waals surface area (Å²) in [5.74, 6) is -0.166. The molecule has 0 unspecified atom stereocenters. The summed E-state index contributed by atoms with van der Waals surface area (Å²) >= 11 is 0. The first-order valence-corrected chi connectivity index (χ1v) is 11.2. The van der Waals surface area contributed by atoms with Gasteiger partial charge in [-0.2, -0.15) is 8.87 Å². The summed E-state index contributed by atoms with van der Waals surface area (Å²) in [5, 5.41) is 5.05. The van der Waals surface area contributed by atoms with Crippen molar-refractivity contribution in [1.82, 2.24) is 4.31 Å². The molecule has 6 nitrogen and oxygen atoms in total. The first-order valence-electron chi connectivity index (χ1n) is 9.76. The second kappa shape index (κ2) is 7.93. The largest absolute Gasteiger partial charge is 0.320 e. The molecule has 2 aromatic carbocycles. The van der Waals surface area contributed by atoms with Crippen LogP contribution in [0.1, 0.15) is 25.8 Å². The minimum atomic E-state index is -3.45. The van der Waals surface area contributed by atoms with Crippen LogP contribution >= 0.6 is 0 Å².